The molecule has 1 saturated heterocycles. The number of carboxylic acid groups (broad SMARTS) is 1. The summed E-state index contributed by atoms with van der Waals surface area (Å²) in [7, 11) is 1.48. The Kier molecular flexibility index (Phi) is 4.23. The monoisotopic (exact) mass is 295 g/mol. The number of hydrogen-bond acceptors (Lipinski definition) is 4. The van der Waals surface area contributed by atoms with E-state index in [-0.39, 0.29) is 11.5 Å². The Labute approximate surface area is 121 Å². The van der Waals surface area contributed by atoms with Crippen molar-refractivity contribution in [3.63, 3.8) is 0 Å². The topological polar surface area (TPSA) is 75.6 Å². The number of anilines is 1. The third kappa shape index (κ3) is 2.90. The lowest BCUT2D eigenvalue weighted by Crippen LogP contribution is -2.34. The first-order chi connectivity index (χ1) is 9.46. The van der Waals surface area contributed by atoms with Crippen LogP contribution in [0.25, 0.3) is 0 Å². The third-order valence-electron chi connectivity index (χ3n) is 3.39. The molecule has 5 nitrogen and oxygen atoms in total. The van der Waals surface area contributed by atoms with Gasteiger partial charge in [-0.25, -0.2) is 4.79 Å². The molecule has 1 heterocycles. The van der Waals surface area contributed by atoms with E-state index < -0.39 is 10.7 Å². The number of carbonyl (C=O) groups excluding carboxylic acids is 1. The van der Waals surface area contributed by atoms with Gasteiger partial charge in [-0.2, -0.15) is 0 Å². The van der Waals surface area contributed by atoms with Crippen molar-refractivity contribution in [3.05, 3.63) is 23.8 Å². The van der Waals surface area contributed by atoms with Crippen LogP contribution in [0.3, 0.4) is 0 Å². The SMILES string of the molecule is COc1ccc(C(=O)O)cc1NC(=O)C1(C)CCCS1. The van der Waals surface area contributed by atoms with Gasteiger partial charge in [0.05, 0.1) is 23.1 Å². The fraction of sp³-hybridized carbons (Fsp3) is 0.429. The van der Waals surface area contributed by atoms with Gasteiger partial charge in [0.1, 0.15) is 5.75 Å². The van der Waals surface area contributed by atoms with Crippen molar-refractivity contribution in [2.24, 2.45) is 0 Å². The van der Waals surface area contributed by atoms with Gasteiger partial charge in [0, 0.05) is 0 Å². The lowest BCUT2D eigenvalue weighted by atomic mass is 10.0. The van der Waals surface area contributed by atoms with Crippen molar-refractivity contribution in [2.45, 2.75) is 24.5 Å². The molecule has 1 unspecified atom stereocenters. The maximum atomic E-state index is 12.4. The molecule has 1 fully saturated rings. The number of rotatable bonds is 4. The zero-order chi connectivity index (χ0) is 14.8. The number of thioether (sulfide) groups is 1. The second-order valence-corrected chi connectivity index (χ2v) is 6.46. The van der Waals surface area contributed by atoms with Gasteiger partial charge in [-0.3, -0.25) is 4.79 Å². The summed E-state index contributed by atoms with van der Waals surface area (Å²) in [4.78, 5) is 23.4. The molecule has 6 heteroatoms. The van der Waals surface area contributed by atoms with Gasteiger partial charge in [0.25, 0.3) is 0 Å². The number of amides is 1. The van der Waals surface area contributed by atoms with Gasteiger partial charge >= 0.3 is 5.97 Å². The molecule has 0 spiro atoms. The molecular weight excluding hydrogens is 278 g/mol. The number of benzene rings is 1. The molecule has 0 aromatic heterocycles. The van der Waals surface area contributed by atoms with Crippen molar-refractivity contribution in [1.82, 2.24) is 0 Å². The molecule has 0 saturated carbocycles. The second-order valence-electron chi connectivity index (χ2n) is 4.86. The van der Waals surface area contributed by atoms with Crippen LogP contribution in [0, 0.1) is 0 Å². The smallest absolute Gasteiger partial charge is 0.335 e. The van der Waals surface area contributed by atoms with Crippen LogP contribution in [-0.2, 0) is 4.79 Å². The van der Waals surface area contributed by atoms with Crippen LogP contribution in [-0.4, -0.2) is 34.6 Å². The predicted octanol–water partition coefficient (Wildman–Crippen LogP) is 2.62. The van der Waals surface area contributed by atoms with Gasteiger partial charge in [-0.05, 0) is 43.7 Å². The summed E-state index contributed by atoms with van der Waals surface area (Å²) >= 11 is 1.63. The van der Waals surface area contributed by atoms with E-state index in [1.54, 1.807) is 17.8 Å². The third-order valence-corrected chi connectivity index (χ3v) is 4.91. The molecule has 2 rings (SSSR count). The van der Waals surface area contributed by atoms with E-state index in [1.165, 1.54) is 19.2 Å². The second kappa shape index (κ2) is 5.75. The molecular formula is C14H17NO4S. The summed E-state index contributed by atoms with van der Waals surface area (Å²) in [6.07, 6.45) is 1.84. The van der Waals surface area contributed by atoms with Crippen LogP contribution in [0.5, 0.6) is 5.75 Å². The summed E-state index contributed by atoms with van der Waals surface area (Å²) in [6, 6.07) is 4.41. The lowest BCUT2D eigenvalue weighted by molar-refractivity contribution is -0.118. The van der Waals surface area contributed by atoms with Crippen molar-refractivity contribution in [1.29, 1.82) is 0 Å². The van der Waals surface area contributed by atoms with Crippen molar-refractivity contribution in [3.8, 4) is 5.75 Å². The average molecular weight is 295 g/mol. The number of aromatic carboxylic acids is 1. The Morgan fingerprint density at radius 2 is 2.20 bits per heavy atom. The molecule has 1 aromatic rings. The van der Waals surface area contributed by atoms with Gasteiger partial charge in [-0.15, -0.1) is 11.8 Å². The van der Waals surface area contributed by atoms with E-state index in [9.17, 15) is 9.59 Å². The van der Waals surface area contributed by atoms with Gasteiger partial charge in [-0.1, -0.05) is 0 Å². The summed E-state index contributed by atoms with van der Waals surface area (Å²) in [5.74, 6) is 0.274. The first-order valence-electron chi connectivity index (χ1n) is 6.33. The fourth-order valence-electron chi connectivity index (χ4n) is 2.15. The minimum absolute atomic E-state index is 0.110. The number of ether oxygens (including phenoxy) is 1. The zero-order valence-electron chi connectivity index (χ0n) is 11.4. The molecule has 0 aliphatic carbocycles. The molecule has 1 aliphatic rings. The molecule has 0 radical (unpaired) electrons. The fourth-order valence-corrected chi connectivity index (χ4v) is 3.36. The molecule has 0 bridgehead atoms. The van der Waals surface area contributed by atoms with E-state index in [2.05, 4.69) is 5.32 Å². The van der Waals surface area contributed by atoms with Crippen LogP contribution in [0.15, 0.2) is 18.2 Å². The van der Waals surface area contributed by atoms with E-state index in [1.807, 2.05) is 6.92 Å². The predicted molar refractivity (Wildman–Crippen MR) is 78.7 cm³/mol. The Morgan fingerprint density at radius 1 is 1.45 bits per heavy atom. The van der Waals surface area contributed by atoms with Gasteiger partial charge in [0.15, 0.2) is 0 Å². The molecule has 108 valence electrons. The van der Waals surface area contributed by atoms with E-state index in [0.717, 1.165) is 18.6 Å². The van der Waals surface area contributed by atoms with Gasteiger partial charge in [0.2, 0.25) is 5.91 Å². The molecule has 20 heavy (non-hydrogen) atoms. The zero-order valence-corrected chi connectivity index (χ0v) is 12.3. The highest BCUT2D eigenvalue weighted by Gasteiger charge is 2.37. The Hall–Kier alpha value is -1.69. The molecule has 1 aliphatic heterocycles. The Bertz CT molecular complexity index is 538. The van der Waals surface area contributed by atoms with E-state index in [4.69, 9.17) is 9.84 Å². The van der Waals surface area contributed by atoms with Crippen LogP contribution in [0.4, 0.5) is 5.69 Å². The van der Waals surface area contributed by atoms with Crippen LogP contribution < -0.4 is 10.1 Å². The number of hydrogen-bond donors (Lipinski definition) is 2. The van der Waals surface area contributed by atoms with E-state index >= 15 is 0 Å². The van der Waals surface area contributed by atoms with Crippen LogP contribution >= 0.6 is 11.8 Å². The normalized spacial score (nSPS) is 21.5. The minimum atomic E-state index is -1.04. The maximum absolute atomic E-state index is 12.4. The number of carboxylic acids is 1. The largest absolute Gasteiger partial charge is 0.495 e. The highest BCUT2D eigenvalue weighted by atomic mass is 32.2. The van der Waals surface area contributed by atoms with Crippen LogP contribution in [0.1, 0.15) is 30.1 Å². The number of carbonyl (C=O) groups is 2. The highest BCUT2D eigenvalue weighted by molar-refractivity contribution is 8.01. The van der Waals surface area contributed by atoms with Crippen LogP contribution in [0.2, 0.25) is 0 Å². The number of nitrogens with one attached hydrogen (secondary N) is 1. The molecule has 2 N–H and O–H groups in total. The Balaban J connectivity index is 2.25. The first kappa shape index (κ1) is 14.7. The first-order valence-corrected chi connectivity index (χ1v) is 7.31. The van der Waals surface area contributed by atoms with E-state index in [0.29, 0.717) is 11.4 Å². The maximum Gasteiger partial charge on any atom is 0.335 e. The Morgan fingerprint density at radius 3 is 2.75 bits per heavy atom. The quantitative estimate of drug-likeness (QED) is 0.893. The van der Waals surface area contributed by atoms with Crippen molar-refractivity contribution >= 4 is 29.3 Å². The highest BCUT2D eigenvalue weighted by Crippen LogP contribution is 2.39. The molecule has 1 aromatic carbocycles. The summed E-state index contributed by atoms with van der Waals surface area (Å²) in [6.45, 7) is 1.91. The van der Waals surface area contributed by atoms with Crippen molar-refractivity contribution < 1.29 is 19.4 Å². The summed E-state index contributed by atoms with van der Waals surface area (Å²) < 4.78 is 4.71. The summed E-state index contributed by atoms with van der Waals surface area (Å²) in [5, 5.41) is 11.8. The van der Waals surface area contributed by atoms with Crippen molar-refractivity contribution in [2.75, 3.05) is 18.2 Å². The lowest BCUT2D eigenvalue weighted by Gasteiger charge is -2.22. The standard InChI is InChI=1S/C14H17NO4S/c1-14(6-3-7-20-14)13(18)15-10-8-9(12(16)17)4-5-11(10)19-2/h4-5,8H,3,6-7H2,1-2H3,(H,15,18)(H,16,17). The molecule has 1 amide bonds. The molecule has 1 atom stereocenters. The summed E-state index contributed by atoms with van der Waals surface area (Å²) in [5.41, 5.74) is 0.511. The van der Waals surface area contributed by atoms with Gasteiger partial charge < -0.3 is 15.2 Å². The number of methoxy groups -OCH3 is 1. The average Bonchev–Trinajstić information content (AvgIpc) is 2.87. The minimum Gasteiger partial charge on any atom is -0.495 e.